The molecule has 1 spiro atoms. The maximum Gasteiger partial charge on any atom is 0.225 e. The summed E-state index contributed by atoms with van der Waals surface area (Å²) in [6, 6.07) is 6.06. The highest BCUT2D eigenvalue weighted by Crippen LogP contribution is 2.56. The van der Waals surface area contributed by atoms with E-state index in [4.69, 9.17) is 11.6 Å². The molecule has 4 heterocycles. The average molecular weight is 426 g/mol. The van der Waals surface area contributed by atoms with Gasteiger partial charge in [0.2, 0.25) is 5.95 Å². The molecule has 0 unspecified atom stereocenters. The third kappa shape index (κ3) is 2.81. The number of anilines is 1. The van der Waals surface area contributed by atoms with Gasteiger partial charge in [0.15, 0.2) is 11.6 Å². The minimum atomic E-state index is -0.405. The Balaban J connectivity index is 1.23. The van der Waals surface area contributed by atoms with Gasteiger partial charge in [0.05, 0.1) is 24.6 Å². The molecule has 7 nitrogen and oxygen atoms in total. The Morgan fingerprint density at radius 1 is 1.10 bits per heavy atom. The molecule has 0 atom stereocenters. The van der Waals surface area contributed by atoms with Crippen molar-refractivity contribution < 1.29 is 4.39 Å². The number of aromatic nitrogens is 5. The van der Waals surface area contributed by atoms with Crippen molar-refractivity contribution in [2.75, 3.05) is 25.0 Å². The van der Waals surface area contributed by atoms with Gasteiger partial charge in [-0.3, -0.25) is 9.47 Å². The summed E-state index contributed by atoms with van der Waals surface area (Å²) in [5.41, 5.74) is 2.61. The Hall–Kier alpha value is -2.58. The molecule has 0 radical (unpaired) electrons. The highest BCUT2D eigenvalue weighted by molar-refractivity contribution is 6.30. The van der Waals surface area contributed by atoms with Crippen LogP contribution in [0.5, 0.6) is 0 Å². The first kappa shape index (κ1) is 18.2. The first-order valence-corrected chi connectivity index (χ1v) is 10.5. The van der Waals surface area contributed by atoms with Crippen molar-refractivity contribution in [3.8, 4) is 5.69 Å². The first-order valence-electron chi connectivity index (χ1n) is 10.1. The number of benzene rings is 1. The van der Waals surface area contributed by atoms with Gasteiger partial charge in [0.25, 0.3) is 0 Å². The van der Waals surface area contributed by atoms with Gasteiger partial charge in [-0.15, -0.1) is 10.2 Å². The molecule has 9 heteroatoms. The topological polar surface area (TPSA) is 63.0 Å². The average Bonchev–Trinajstić information content (AvgIpc) is 2.97. The van der Waals surface area contributed by atoms with Crippen LogP contribution in [0.15, 0.2) is 30.6 Å². The van der Waals surface area contributed by atoms with Gasteiger partial charge in [0.1, 0.15) is 5.82 Å². The Morgan fingerprint density at radius 2 is 1.87 bits per heavy atom. The third-order valence-corrected chi connectivity index (χ3v) is 6.79. The Labute approximate surface area is 178 Å². The minimum absolute atomic E-state index is 0.277. The first-order chi connectivity index (χ1) is 14.5. The van der Waals surface area contributed by atoms with E-state index in [1.165, 1.54) is 18.0 Å². The van der Waals surface area contributed by atoms with E-state index in [1.807, 2.05) is 12.1 Å². The molecule has 3 aliphatic rings. The summed E-state index contributed by atoms with van der Waals surface area (Å²) in [5, 5.41) is 9.88. The third-order valence-electron chi connectivity index (χ3n) is 6.56. The standard InChI is InChI=1S/C21H21ClFN7/c1-28-9-13-4-15(22)2-3-17(13)30-18(10-28)26-27-19(30)14-5-21(6-14)11-29(12-21)20-24-7-16(23)8-25-20/h2-4,7-8,14H,5-6,9-12H2,1H3. The largest absolute Gasteiger partial charge is 0.340 e. The lowest BCUT2D eigenvalue weighted by Gasteiger charge is -2.58. The number of hydrogen-bond donors (Lipinski definition) is 0. The van der Waals surface area contributed by atoms with Gasteiger partial charge in [-0.25, -0.2) is 14.4 Å². The molecule has 6 rings (SSSR count). The maximum atomic E-state index is 13.1. The van der Waals surface area contributed by atoms with E-state index in [0.717, 1.165) is 61.4 Å². The fraction of sp³-hybridized carbons (Fsp3) is 0.429. The predicted molar refractivity (Wildman–Crippen MR) is 110 cm³/mol. The van der Waals surface area contributed by atoms with Crippen molar-refractivity contribution in [1.82, 2.24) is 29.6 Å². The Kier molecular flexibility index (Phi) is 3.92. The van der Waals surface area contributed by atoms with Gasteiger partial charge < -0.3 is 4.90 Å². The van der Waals surface area contributed by atoms with Crippen LogP contribution in [0.2, 0.25) is 5.02 Å². The molecule has 1 saturated heterocycles. The second-order valence-corrected chi connectivity index (χ2v) is 9.35. The summed E-state index contributed by atoms with van der Waals surface area (Å²) < 4.78 is 15.3. The molecule has 154 valence electrons. The molecule has 2 aromatic heterocycles. The zero-order valence-corrected chi connectivity index (χ0v) is 17.3. The molecule has 2 aliphatic heterocycles. The smallest absolute Gasteiger partial charge is 0.225 e. The zero-order valence-electron chi connectivity index (χ0n) is 16.6. The van der Waals surface area contributed by atoms with Crippen molar-refractivity contribution in [3.05, 3.63) is 58.6 Å². The van der Waals surface area contributed by atoms with Gasteiger partial charge >= 0.3 is 0 Å². The number of fused-ring (bicyclic) bond motifs is 3. The SMILES string of the molecule is CN1Cc2cc(Cl)ccc2-n2c(nnc2C2CC3(C2)CN(c2ncc(F)cn2)C3)C1. The molecule has 1 aliphatic carbocycles. The molecule has 30 heavy (non-hydrogen) atoms. The summed E-state index contributed by atoms with van der Waals surface area (Å²) in [5.74, 6) is 2.61. The second-order valence-electron chi connectivity index (χ2n) is 8.92. The Morgan fingerprint density at radius 3 is 2.63 bits per heavy atom. The summed E-state index contributed by atoms with van der Waals surface area (Å²) in [7, 11) is 2.09. The second kappa shape index (κ2) is 6.46. The fourth-order valence-electron chi connectivity index (χ4n) is 5.25. The zero-order chi connectivity index (χ0) is 20.5. The van der Waals surface area contributed by atoms with E-state index >= 15 is 0 Å². The number of nitrogens with zero attached hydrogens (tertiary/aromatic N) is 7. The molecule has 0 bridgehead atoms. The van der Waals surface area contributed by atoms with Crippen LogP contribution in [0.4, 0.5) is 10.3 Å². The van der Waals surface area contributed by atoms with Crippen molar-refractivity contribution in [2.24, 2.45) is 5.41 Å². The van der Waals surface area contributed by atoms with E-state index in [-0.39, 0.29) is 5.41 Å². The highest BCUT2D eigenvalue weighted by Gasteiger charge is 2.54. The normalized spacial score (nSPS) is 20.3. The molecular formula is C21H21ClFN7. The maximum absolute atomic E-state index is 13.1. The van der Waals surface area contributed by atoms with Crippen LogP contribution in [-0.2, 0) is 13.1 Å². The van der Waals surface area contributed by atoms with Gasteiger partial charge in [-0.05, 0) is 43.7 Å². The quantitative estimate of drug-likeness (QED) is 0.628. The monoisotopic (exact) mass is 425 g/mol. The van der Waals surface area contributed by atoms with Crippen LogP contribution < -0.4 is 4.90 Å². The summed E-state index contributed by atoms with van der Waals surface area (Å²) >= 11 is 6.26. The van der Waals surface area contributed by atoms with Gasteiger partial charge in [-0.1, -0.05) is 11.6 Å². The molecule has 1 aromatic carbocycles. The van der Waals surface area contributed by atoms with Crippen LogP contribution in [0.1, 0.15) is 36.0 Å². The van der Waals surface area contributed by atoms with Crippen LogP contribution in [0, 0.1) is 11.2 Å². The molecule has 2 fully saturated rings. The highest BCUT2D eigenvalue weighted by atomic mass is 35.5. The summed E-state index contributed by atoms with van der Waals surface area (Å²) in [6.07, 6.45) is 4.59. The summed E-state index contributed by atoms with van der Waals surface area (Å²) in [6.45, 7) is 3.41. The van der Waals surface area contributed by atoms with Gasteiger partial charge in [-0.2, -0.15) is 0 Å². The molecule has 0 N–H and O–H groups in total. The van der Waals surface area contributed by atoms with Crippen molar-refractivity contribution in [2.45, 2.75) is 31.8 Å². The van der Waals surface area contributed by atoms with Crippen molar-refractivity contribution in [3.63, 3.8) is 0 Å². The summed E-state index contributed by atoms with van der Waals surface area (Å²) in [4.78, 5) is 12.6. The van der Waals surface area contributed by atoms with E-state index < -0.39 is 5.82 Å². The predicted octanol–water partition coefficient (Wildman–Crippen LogP) is 3.18. The van der Waals surface area contributed by atoms with Crippen LogP contribution >= 0.6 is 11.6 Å². The fourth-order valence-corrected chi connectivity index (χ4v) is 5.44. The number of rotatable bonds is 2. The molecule has 3 aromatic rings. The van der Waals surface area contributed by atoms with Crippen molar-refractivity contribution in [1.29, 1.82) is 0 Å². The number of halogens is 2. The molecule has 0 amide bonds. The Bertz CT molecular complexity index is 1110. The molecular weight excluding hydrogens is 405 g/mol. The van der Waals surface area contributed by atoms with Gasteiger partial charge in [0, 0.05) is 36.0 Å². The minimum Gasteiger partial charge on any atom is -0.340 e. The van der Waals surface area contributed by atoms with Crippen LogP contribution in [-0.4, -0.2) is 49.8 Å². The lowest BCUT2D eigenvalue weighted by molar-refractivity contribution is 0.0574. The van der Waals surface area contributed by atoms with E-state index in [9.17, 15) is 4.39 Å². The van der Waals surface area contributed by atoms with E-state index in [2.05, 4.69) is 47.6 Å². The lowest BCUT2D eigenvalue weighted by Crippen LogP contribution is -2.62. The van der Waals surface area contributed by atoms with E-state index in [0.29, 0.717) is 11.9 Å². The van der Waals surface area contributed by atoms with Crippen molar-refractivity contribution >= 4 is 17.5 Å². The molecule has 1 saturated carbocycles. The van der Waals surface area contributed by atoms with Crippen LogP contribution in [0.25, 0.3) is 5.69 Å². The lowest BCUT2D eigenvalue weighted by atomic mass is 9.57. The van der Waals surface area contributed by atoms with Crippen LogP contribution in [0.3, 0.4) is 0 Å². The number of hydrogen-bond acceptors (Lipinski definition) is 6. The van der Waals surface area contributed by atoms with E-state index in [1.54, 1.807) is 0 Å².